The second kappa shape index (κ2) is 6.01. The Kier molecular flexibility index (Phi) is 4.55. The van der Waals surface area contributed by atoms with Gasteiger partial charge in [0, 0.05) is 6.04 Å². The second-order valence-corrected chi connectivity index (χ2v) is 7.27. The molecule has 1 aromatic carbocycles. The first kappa shape index (κ1) is 15.1. The Morgan fingerprint density at radius 1 is 1.40 bits per heavy atom. The summed E-state index contributed by atoms with van der Waals surface area (Å²) < 4.78 is 25.7. The van der Waals surface area contributed by atoms with Gasteiger partial charge in [0.2, 0.25) is 10.0 Å². The van der Waals surface area contributed by atoms with Crippen LogP contribution in [-0.4, -0.2) is 21.5 Å². The second-order valence-electron chi connectivity index (χ2n) is 5.39. The van der Waals surface area contributed by atoms with Crippen LogP contribution in [0.15, 0.2) is 23.1 Å². The number of nitrogen functional groups attached to an aromatic ring is 1. The van der Waals surface area contributed by atoms with Crippen molar-refractivity contribution < 1.29 is 8.42 Å². The largest absolute Gasteiger partial charge is 0.397 e. The van der Waals surface area contributed by atoms with Crippen molar-refractivity contribution >= 4 is 21.4 Å². The molecule has 1 saturated carbocycles. The smallest absolute Gasteiger partial charge is 0.240 e. The molecule has 0 radical (unpaired) electrons. The molecule has 2 rings (SSSR count). The van der Waals surface area contributed by atoms with E-state index >= 15 is 0 Å². The Bertz CT molecular complexity index is 568. The normalized spacial score (nSPS) is 16.9. The molecule has 0 bridgehead atoms. The molecule has 1 unspecified atom stereocenters. The third kappa shape index (κ3) is 3.64. The van der Waals surface area contributed by atoms with E-state index in [2.05, 4.69) is 17.0 Å². The molecule has 112 valence electrons. The Morgan fingerprint density at radius 3 is 2.60 bits per heavy atom. The molecule has 0 aromatic heterocycles. The molecule has 1 fully saturated rings. The molecule has 0 saturated heterocycles. The van der Waals surface area contributed by atoms with Crippen LogP contribution in [0.25, 0.3) is 0 Å². The maximum Gasteiger partial charge on any atom is 0.240 e. The van der Waals surface area contributed by atoms with Crippen LogP contribution in [0.2, 0.25) is 0 Å². The van der Waals surface area contributed by atoms with E-state index in [1.54, 1.807) is 12.1 Å². The minimum Gasteiger partial charge on any atom is -0.397 e. The highest BCUT2D eigenvalue weighted by Crippen LogP contribution is 2.35. The zero-order valence-electron chi connectivity index (χ0n) is 12.0. The van der Waals surface area contributed by atoms with Gasteiger partial charge in [-0.2, -0.15) is 0 Å². The molecule has 1 aromatic rings. The number of sulfonamides is 1. The summed E-state index contributed by atoms with van der Waals surface area (Å²) in [6, 6.07) is 5.22. The van der Waals surface area contributed by atoms with Gasteiger partial charge >= 0.3 is 0 Å². The van der Waals surface area contributed by atoms with E-state index in [-0.39, 0.29) is 4.90 Å². The van der Waals surface area contributed by atoms with Crippen LogP contribution in [0.3, 0.4) is 0 Å². The van der Waals surface area contributed by atoms with Gasteiger partial charge < -0.3 is 11.1 Å². The number of hydrogen-bond acceptors (Lipinski definition) is 4. The monoisotopic (exact) mass is 297 g/mol. The van der Waals surface area contributed by atoms with E-state index in [0.717, 1.165) is 24.4 Å². The standard InChI is InChI=1S/C14H23N3O2S/c1-3-11(8-10-4-5-10)17-14-7-6-12(9-13(14)15)20(18,19)16-2/h6-7,9-11,16-17H,3-5,8,15H2,1-2H3. The van der Waals surface area contributed by atoms with E-state index in [0.29, 0.717) is 11.7 Å². The van der Waals surface area contributed by atoms with Crippen molar-refractivity contribution in [3.63, 3.8) is 0 Å². The van der Waals surface area contributed by atoms with Gasteiger partial charge in [0.1, 0.15) is 0 Å². The molecule has 4 N–H and O–H groups in total. The van der Waals surface area contributed by atoms with E-state index in [1.165, 1.54) is 26.0 Å². The molecule has 1 aliphatic carbocycles. The maximum absolute atomic E-state index is 11.7. The summed E-state index contributed by atoms with van der Waals surface area (Å²) in [5, 5.41) is 3.42. The average molecular weight is 297 g/mol. The zero-order valence-corrected chi connectivity index (χ0v) is 12.8. The molecule has 0 spiro atoms. The summed E-state index contributed by atoms with van der Waals surface area (Å²) in [6.07, 6.45) is 4.85. The van der Waals surface area contributed by atoms with Crippen LogP contribution in [-0.2, 0) is 10.0 Å². The summed E-state index contributed by atoms with van der Waals surface area (Å²) in [5.74, 6) is 0.845. The summed E-state index contributed by atoms with van der Waals surface area (Å²) >= 11 is 0. The number of rotatable bonds is 7. The van der Waals surface area contributed by atoms with Gasteiger partial charge in [0.25, 0.3) is 0 Å². The third-order valence-corrected chi connectivity index (χ3v) is 5.18. The SMILES string of the molecule is CCC(CC1CC1)Nc1ccc(S(=O)(=O)NC)cc1N. The zero-order chi connectivity index (χ0) is 14.8. The van der Waals surface area contributed by atoms with Crippen LogP contribution in [0.1, 0.15) is 32.6 Å². The van der Waals surface area contributed by atoms with Gasteiger partial charge in [0.15, 0.2) is 0 Å². The lowest BCUT2D eigenvalue weighted by molar-refractivity contribution is 0.586. The van der Waals surface area contributed by atoms with Gasteiger partial charge in [-0.1, -0.05) is 19.8 Å². The predicted molar refractivity (Wildman–Crippen MR) is 82.1 cm³/mol. The Hall–Kier alpha value is -1.27. The Morgan fingerprint density at radius 2 is 2.10 bits per heavy atom. The maximum atomic E-state index is 11.7. The lowest BCUT2D eigenvalue weighted by Crippen LogP contribution is -2.21. The Balaban J connectivity index is 2.12. The molecule has 6 heteroatoms. The fraction of sp³-hybridized carbons (Fsp3) is 0.571. The van der Waals surface area contributed by atoms with Crippen molar-refractivity contribution in [1.29, 1.82) is 0 Å². The fourth-order valence-corrected chi connectivity index (χ4v) is 3.03. The molecule has 0 amide bonds. The fourth-order valence-electron chi connectivity index (χ4n) is 2.26. The third-order valence-electron chi connectivity index (χ3n) is 3.77. The minimum absolute atomic E-state index is 0.193. The molecular weight excluding hydrogens is 274 g/mol. The number of nitrogens with one attached hydrogen (secondary N) is 2. The summed E-state index contributed by atoms with van der Waals surface area (Å²) in [5.41, 5.74) is 7.25. The quantitative estimate of drug-likeness (QED) is 0.673. The van der Waals surface area contributed by atoms with Crippen LogP contribution in [0.4, 0.5) is 11.4 Å². The first-order valence-electron chi connectivity index (χ1n) is 7.06. The van der Waals surface area contributed by atoms with Crippen molar-refractivity contribution in [1.82, 2.24) is 4.72 Å². The first-order chi connectivity index (χ1) is 9.46. The first-order valence-corrected chi connectivity index (χ1v) is 8.54. The number of nitrogens with two attached hydrogens (primary N) is 1. The molecule has 20 heavy (non-hydrogen) atoms. The lowest BCUT2D eigenvalue weighted by Gasteiger charge is -2.19. The molecule has 0 aliphatic heterocycles. The predicted octanol–water partition coefficient (Wildman–Crippen LogP) is 2.17. The Labute approximate surface area is 121 Å². The van der Waals surface area contributed by atoms with Gasteiger partial charge in [-0.05, 0) is 44.0 Å². The van der Waals surface area contributed by atoms with Crippen molar-refractivity contribution in [3.8, 4) is 0 Å². The molecule has 1 atom stereocenters. The van der Waals surface area contributed by atoms with Crippen LogP contribution in [0.5, 0.6) is 0 Å². The highest BCUT2D eigenvalue weighted by Gasteiger charge is 2.25. The van der Waals surface area contributed by atoms with E-state index in [4.69, 9.17) is 5.73 Å². The number of hydrogen-bond donors (Lipinski definition) is 3. The van der Waals surface area contributed by atoms with E-state index in [1.807, 2.05) is 0 Å². The topological polar surface area (TPSA) is 84.2 Å². The average Bonchev–Trinajstić information content (AvgIpc) is 3.23. The van der Waals surface area contributed by atoms with Crippen molar-refractivity contribution in [3.05, 3.63) is 18.2 Å². The highest BCUT2D eigenvalue weighted by molar-refractivity contribution is 7.89. The van der Waals surface area contributed by atoms with Crippen LogP contribution < -0.4 is 15.8 Å². The van der Waals surface area contributed by atoms with Crippen molar-refractivity contribution in [2.75, 3.05) is 18.1 Å². The van der Waals surface area contributed by atoms with Gasteiger partial charge in [-0.3, -0.25) is 0 Å². The van der Waals surface area contributed by atoms with Gasteiger partial charge in [-0.15, -0.1) is 0 Å². The van der Waals surface area contributed by atoms with Gasteiger partial charge in [0.05, 0.1) is 16.3 Å². The van der Waals surface area contributed by atoms with Crippen molar-refractivity contribution in [2.45, 2.75) is 43.5 Å². The van der Waals surface area contributed by atoms with E-state index < -0.39 is 10.0 Å². The summed E-state index contributed by atoms with van der Waals surface area (Å²) in [6.45, 7) is 2.15. The minimum atomic E-state index is -3.44. The van der Waals surface area contributed by atoms with Crippen LogP contribution >= 0.6 is 0 Å². The molecule has 1 aliphatic rings. The molecular formula is C14H23N3O2S. The van der Waals surface area contributed by atoms with Crippen molar-refractivity contribution in [2.24, 2.45) is 5.92 Å². The molecule has 5 nitrogen and oxygen atoms in total. The number of benzene rings is 1. The van der Waals surface area contributed by atoms with E-state index in [9.17, 15) is 8.42 Å². The lowest BCUT2D eigenvalue weighted by atomic mass is 10.1. The highest BCUT2D eigenvalue weighted by atomic mass is 32.2. The molecule has 0 heterocycles. The van der Waals surface area contributed by atoms with Gasteiger partial charge in [-0.25, -0.2) is 13.1 Å². The van der Waals surface area contributed by atoms with Crippen LogP contribution in [0, 0.1) is 5.92 Å². The summed E-state index contributed by atoms with van der Waals surface area (Å²) in [7, 11) is -2.05. The summed E-state index contributed by atoms with van der Waals surface area (Å²) in [4.78, 5) is 0.193. The number of anilines is 2.